The normalized spacial score (nSPS) is 11.2. The van der Waals surface area contributed by atoms with Crippen molar-refractivity contribution in [1.29, 1.82) is 0 Å². The van der Waals surface area contributed by atoms with Crippen LogP contribution in [0.4, 0.5) is 10.2 Å². The number of halogens is 1. The van der Waals surface area contributed by atoms with E-state index in [-0.39, 0.29) is 23.1 Å². The smallest absolute Gasteiger partial charge is 0.255 e. The Labute approximate surface area is 116 Å². The van der Waals surface area contributed by atoms with E-state index < -0.39 is 5.54 Å². The fraction of sp³-hybridized carbons (Fsp3) is 0.200. The van der Waals surface area contributed by atoms with E-state index in [0.717, 1.165) is 0 Å². The number of hydrogen-bond donors (Lipinski definition) is 2. The summed E-state index contributed by atoms with van der Waals surface area (Å²) in [7, 11) is 0. The second kappa shape index (κ2) is 5.28. The SMILES string of the molecule is CC(C)(NC(=O)c1cccnc1N)c1ccccc1F. The van der Waals surface area contributed by atoms with Gasteiger partial charge < -0.3 is 11.1 Å². The second-order valence-corrected chi connectivity index (χ2v) is 5.00. The third-order valence-corrected chi connectivity index (χ3v) is 3.06. The van der Waals surface area contributed by atoms with Crippen LogP contribution in [0.3, 0.4) is 0 Å². The summed E-state index contributed by atoms with van der Waals surface area (Å²) in [5.74, 6) is -0.602. The zero-order valence-corrected chi connectivity index (χ0v) is 11.4. The molecule has 0 bridgehead atoms. The molecule has 0 unspecified atom stereocenters. The molecule has 1 aromatic carbocycles. The topological polar surface area (TPSA) is 68.0 Å². The minimum atomic E-state index is -0.856. The lowest BCUT2D eigenvalue weighted by Crippen LogP contribution is -2.41. The summed E-state index contributed by atoms with van der Waals surface area (Å²) < 4.78 is 13.8. The fourth-order valence-electron chi connectivity index (χ4n) is 2.00. The van der Waals surface area contributed by atoms with Crippen LogP contribution in [0, 0.1) is 5.82 Å². The van der Waals surface area contributed by atoms with Crippen LogP contribution >= 0.6 is 0 Å². The number of pyridine rings is 1. The number of nitrogens with two attached hydrogens (primary N) is 1. The molecule has 2 aromatic rings. The van der Waals surface area contributed by atoms with Crippen LogP contribution in [0.25, 0.3) is 0 Å². The lowest BCUT2D eigenvalue weighted by molar-refractivity contribution is 0.0911. The van der Waals surface area contributed by atoms with E-state index in [4.69, 9.17) is 5.73 Å². The maximum atomic E-state index is 13.8. The Kier molecular flexibility index (Phi) is 3.70. The van der Waals surface area contributed by atoms with Crippen molar-refractivity contribution in [2.75, 3.05) is 5.73 Å². The summed E-state index contributed by atoms with van der Waals surface area (Å²) in [4.78, 5) is 16.1. The van der Waals surface area contributed by atoms with E-state index in [2.05, 4.69) is 10.3 Å². The van der Waals surface area contributed by atoms with Gasteiger partial charge in [-0.15, -0.1) is 0 Å². The monoisotopic (exact) mass is 273 g/mol. The van der Waals surface area contributed by atoms with E-state index in [1.165, 1.54) is 12.3 Å². The molecule has 5 heteroatoms. The van der Waals surface area contributed by atoms with Crippen molar-refractivity contribution in [3.05, 3.63) is 59.5 Å². The van der Waals surface area contributed by atoms with Gasteiger partial charge in [0.05, 0.1) is 11.1 Å². The second-order valence-electron chi connectivity index (χ2n) is 5.00. The van der Waals surface area contributed by atoms with E-state index in [0.29, 0.717) is 5.56 Å². The molecule has 4 nitrogen and oxygen atoms in total. The van der Waals surface area contributed by atoms with Gasteiger partial charge in [-0.25, -0.2) is 9.37 Å². The van der Waals surface area contributed by atoms with Crippen molar-refractivity contribution in [1.82, 2.24) is 10.3 Å². The predicted molar refractivity (Wildman–Crippen MR) is 75.5 cm³/mol. The van der Waals surface area contributed by atoms with Gasteiger partial charge in [-0.1, -0.05) is 18.2 Å². The molecule has 104 valence electrons. The summed E-state index contributed by atoms with van der Waals surface area (Å²) >= 11 is 0. The Balaban J connectivity index is 2.27. The summed E-state index contributed by atoms with van der Waals surface area (Å²) in [6.45, 7) is 3.46. The standard InChI is InChI=1S/C15H16FN3O/c1-15(2,11-7-3-4-8-12(11)16)19-14(20)10-6-5-9-18-13(10)17/h3-9H,1-2H3,(H2,17,18)(H,19,20). The van der Waals surface area contributed by atoms with E-state index in [1.807, 2.05) is 0 Å². The number of nitrogen functional groups attached to an aromatic ring is 1. The summed E-state index contributed by atoms with van der Waals surface area (Å²) in [5.41, 5.74) is 5.49. The first-order valence-corrected chi connectivity index (χ1v) is 6.20. The van der Waals surface area contributed by atoms with Crippen molar-refractivity contribution in [2.45, 2.75) is 19.4 Å². The third-order valence-electron chi connectivity index (χ3n) is 3.06. The van der Waals surface area contributed by atoms with Gasteiger partial charge in [-0.3, -0.25) is 4.79 Å². The molecule has 0 saturated carbocycles. The molecule has 1 amide bonds. The van der Waals surface area contributed by atoms with Gasteiger partial charge in [0.25, 0.3) is 5.91 Å². The molecule has 3 N–H and O–H groups in total. The highest BCUT2D eigenvalue weighted by Gasteiger charge is 2.27. The highest BCUT2D eigenvalue weighted by Crippen LogP contribution is 2.23. The van der Waals surface area contributed by atoms with Crippen molar-refractivity contribution in [3.63, 3.8) is 0 Å². The Morgan fingerprint density at radius 3 is 2.60 bits per heavy atom. The third kappa shape index (κ3) is 2.77. The van der Waals surface area contributed by atoms with Gasteiger partial charge in [0.15, 0.2) is 0 Å². The quantitative estimate of drug-likeness (QED) is 0.902. The first kappa shape index (κ1) is 14.0. The summed E-state index contributed by atoms with van der Waals surface area (Å²) in [6.07, 6.45) is 1.51. The summed E-state index contributed by atoms with van der Waals surface area (Å²) in [6, 6.07) is 9.54. The number of benzene rings is 1. The van der Waals surface area contributed by atoms with Crippen LogP contribution < -0.4 is 11.1 Å². The minimum absolute atomic E-state index is 0.148. The number of carbonyl (C=O) groups excluding carboxylic acids is 1. The van der Waals surface area contributed by atoms with E-state index in [1.54, 1.807) is 44.2 Å². The van der Waals surface area contributed by atoms with Crippen LogP contribution in [-0.4, -0.2) is 10.9 Å². The molecule has 2 rings (SSSR count). The van der Waals surface area contributed by atoms with Crippen molar-refractivity contribution >= 4 is 11.7 Å². The van der Waals surface area contributed by atoms with E-state index in [9.17, 15) is 9.18 Å². The van der Waals surface area contributed by atoms with Crippen LogP contribution in [0.15, 0.2) is 42.6 Å². The largest absolute Gasteiger partial charge is 0.383 e. The minimum Gasteiger partial charge on any atom is -0.383 e. The maximum absolute atomic E-state index is 13.8. The number of hydrogen-bond acceptors (Lipinski definition) is 3. The molecule has 0 fully saturated rings. The Bertz CT molecular complexity index is 641. The van der Waals surface area contributed by atoms with Crippen molar-refractivity contribution in [3.8, 4) is 0 Å². The van der Waals surface area contributed by atoms with Crippen molar-refractivity contribution in [2.24, 2.45) is 0 Å². The number of nitrogens with one attached hydrogen (secondary N) is 1. The highest BCUT2D eigenvalue weighted by atomic mass is 19.1. The Morgan fingerprint density at radius 2 is 1.95 bits per heavy atom. The number of anilines is 1. The molecule has 0 aliphatic heterocycles. The molecule has 0 radical (unpaired) electrons. The molecular formula is C15H16FN3O. The molecule has 0 saturated heterocycles. The highest BCUT2D eigenvalue weighted by molar-refractivity contribution is 5.98. The number of rotatable bonds is 3. The molecular weight excluding hydrogens is 257 g/mol. The van der Waals surface area contributed by atoms with Crippen LogP contribution in [-0.2, 0) is 5.54 Å². The molecule has 0 aliphatic rings. The van der Waals surface area contributed by atoms with Gasteiger partial charge in [-0.05, 0) is 32.0 Å². The number of nitrogens with zero attached hydrogens (tertiary/aromatic N) is 1. The molecule has 0 atom stereocenters. The average molecular weight is 273 g/mol. The van der Waals surface area contributed by atoms with Crippen molar-refractivity contribution < 1.29 is 9.18 Å². The lowest BCUT2D eigenvalue weighted by atomic mass is 9.93. The Morgan fingerprint density at radius 1 is 1.25 bits per heavy atom. The predicted octanol–water partition coefficient (Wildman–Crippen LogP) is 2.47. The van der Waals surface area contributed by atoms with Gasteiger partial charge >= 0.3 is 0 Å². The van der Waals surface area contributed by atoms with Crippen LogP contribution in [0.1, 0.15) is 29.8 Å². The fourth-order valence-corrected chi connectivity index (χ4v) is 2.00. The molecule has 1 aromatic heterocycles. The van der Waals surface area contributed by atoms with Crippen LogP contribution in [0.2, 0.25) is 0 Å². The number of amides is 1. The zero-order valence-electron chi connectivity index (χ0n) is 11.4. The van der Waals surface area contributed by atoms with Crippen LogP contribution in [0.5, 0.6) is 0 Å². The molecule has 20 heavy (non-hydrogen) atoms. The summed E-state index contributed by atoms with van der Waals surface area (Å²) in [5, 5.41) is 2.77. The Hall–Kier alpha value is -2.43. The van der Waals surface area contributed by atoms with Gasteiger partial charge in [0.2, 0.25) is 0 Å². The molecule has 1 heterocycles. The lowest BCUT2D eigenvalue weighted by Gasteiger charge is -2.27. The number of carbonyl (C=O) groups is 1. The van der Waals surface area contributed by atoms with E-state index >= 15 is 0 Å². The van der Waals surface area contributed by atoms with Gasteiger partial charge in [-0.2, -0.15) is 0 Å². The average Bonchev–Trinajstić information content (AvgIpc) is 2.38. The first-order chi connectivity index (χ1) is 9.42. The number of aromatic nitrogens is 1. The zero-order chi connectivity index (χ0) is 14.8. The molecule has 0 aliphatic carbocycles. The maximum Gasteiger partial charge on any atom is 0.255 e. The van der Waals surface area contributed by atoms with Gasteiger partial charge in [0.1, 0.15) is 11.6 Å². The first-order valence-electron chi connectivity index (χ1n) is 6.20. The molecule has 0 spiro atoms. The van der Waals surface area contributed by atoms with Gasteiger partial charge in [0, 0.05) is 11.8 Å².